The van der Waals surface area contributed by atoms with E-state index in [1.807, 2.05) is 30.3 Å². The molecule has 1 saturated heterocycles. The third-order valence-corrected chi connectivity index (χ3v) is 3.79. The van der Waals surface area contributed by atoms with Gasteiger partial charge >= 0.3 is 6.09 Å². The van der Waals surface area contributed by atoms with Crippen LogP contribution in [0.15, 0.2) is 30.3 Å². The number of rotatable bonds is 5. The summed E-state index contributed by atoms with van der Waals surface area (Å²) in [6, 6.07) is 9.34. The monoisotopic (exact) mass is 320 g/mol. The molecule has 1 aliphatic heterocycles. The summed E-state index contributed by atoms with van der Waals surface area (Å²) in [5, 5.41) is 2.99. The number of carbonyl (C=O) groups excluding carboxylic acids is 2. The van der Waals surface area contributed by atoms with Crippen molar-refractivity contribution in [2.45, 2.75) is 38.8 Å². The first-order valence-corrected chi connectivity index (χ1v) is 8.04. The first-order chi connectivity index (χ1) is 11.1. The van der Waals surface area contributed by atoms with E-state index in [1.54, 1.807) is 18.7 Å². The SMILES string of the molecule is CCOC(=O)N1CCC(NC(=O)C(C)Oc2ccccc2)CC1. The van der Waals surface area contributed by atoms with E-state index in [9.17, 15) is 9.59 Å². The van der Waals surface area contributed by atoms with Gasteiger partial charge in [-0.2, -0.15) is 0 Å². The largest absolute Gasteiger partial charge is 0.481 e. The van der Waals surface area contributed by atoms with Crippen molar-refractivity contribution in [3.05, 3.63) is 30.3 Å². The number of nitrogens with zero attached hydrogens (tertiary/aromatic N) is 1. The van der Waals surface area contributed by atoms with Crippen LogP contribution in [0.4, 0.5) is 4.79 Å². The number of amides is 2. The molecular weight excluding hydrogens is 296 g/mol. The van der Waals surface area contributed by atoms with Gasteiger partial charge in [0.05, 0.1) is 6.61 Å². The van der Waals surface area contributed by atoms with Gasteiger partial charge < -0.3 is 19.7 Å². The number of likely N-dealkylation sites (tertiary alicyclic amines) is 1. The molecule has 1 heterocycles. The standard InChI is InChI=1S/C17H24N2O4/c1-3-22-17(21)19-11-9-14(10-12-19)18-16(20)13(2)23-15-7-5-4-6-8-15/h4-8,13-14H,3,9-12H2,1-2H3,(H,18,20). The highest BCUT2D eigenvalue weighted by Crippen LogP contribution is 2.14. The van der Waals surface area contributed by atoms with Crippen LogP contribution in [-0.2, 0) is 9.53 Å². The van der Waals surface area contributed by atoms with Crippen LogP contribution >= 0.6 is 0 Å². The van der Waals surface area contributed by atoms with E-state index in [-0.39, 0.29) is 18.0 Å². The zero-order chi connectivity index (χ0) is 16.7. The van der Waals surface area contributed by atoms with Crippen molar-refractivity contribution >= 4 is 12.0 Å². The number of carbonyl (C=O) groups is 2. The van der Waals surface area contributed by atoms with Crippen LogP contribution in [0.3, 0.4) is 0 Å². The second kappa shape index (κ2) is 8.41. The number of ether oxygens (including phenoxy) is 2. The first kappa shape index (κ1) is 17.1. The molecular formula is C17H24N2O4. The fourth-order valence-electron chi connectivity index (χ4n) is 2.50. The van der Waals surface area contributed by atoms with Crippen molar-refractivity contribution < 1.29 is 19.1 Å². The molecule has 6 nitrogen and oxygen atoms in total. The minimum Gasteiger partial charge on any atom is -0.481 e. The summed E-state index contributed by atoms with van der Waals surface area (Å²) in [4.78, 5) is 25.5. The predicted molar refractivity (Wildman–Crippen MR) is 86.3 cm³/mol. The molecule has 23 heavy (non-hydrogen) atoms. The van der Waals surface area contributed by atoms with E-state index in [0.717, 1.165) is 12.8 Å². The Morgan fingerprint density at radius 3 is 2.52 bits per heavy atom. The topological polar surface area (TPSA) is 67.9 Å². The molecule has 1 aromatic rings. The maximum atomic E-state index is 12.2. The molecule has 1 aromatic carbocycles. The minimum absolute atomic E-state index is 0.0648. The molecule has 1 fully saturated rings. The Balaban J connectivity index is 1.75. The van der Waals surface area contributed by atoms with E-state index in [1.165, 1.54) is 0 Å². The summed E-state index contributed by atoms with van der Waals surface area (Å²) in [6.45, 7) is 5.09. The van der Waals surface area contributed by atoms with Gasteiger partial charge in [0.15, 0.2) is 6.10 Å². The van der Waals surface area contributed by atoms with E-state index < -0.39 is 6.10 Å². The van der Waals surface area contributed by atoms with E-state index >= 15 is 0 Å². The maximum absolute atomic E-state index is 12.2. The Morgan fingerprint density at radius 1 is 1.26 bits per heavy atom. The number of para-hydroxylation sites is 1. The molecule has 0 aliphatic carbocycles. The molecule has 0 bridgehead atoms. The van der Waals surface area contributed by atoms with Crippen molar-refractivity contribution in [2.24, 2.45) is 0 Å². The van der Waals surface area contributed by atoms with Gasteiger partial charge in [-0.3, -0.25) is 4.79 Å². The molecule has 2 rings (SSSR count). The molecule has 1 aliphatic rings. The highest BCUT2D eigenvalue weighted by Gasteiger charge is 2.26. The number of benzene rings is 1. The Hall–Kier alpha value is -2.24. The predicted octanol–water partition coefficient (Wildman–Crippen LogP) is 2.19. The lowest BCUT2D eigenvalue weighted by Gasteiger charge is -2.32. The van der Waals surface area contributed by atoms with Gasteiger partial charge in [-0.05, 0) is 38.8 Å². The van der Waals surface area contributed by atoms with Gasteiger partial charge in [-0.15, -0.1) is 0 Å². The fraction of sp³-hybridized carbons (Fsp3) is 0.529. The van der Waals surface area contributed by atoms with Gasteiger partial charge in [0.2, 0.25) is 0 Å². The van der Waals surface area contributed by atoms with Crippen LogP contribution in [0, 0.1) is 0 Å². The Bertz CT molecular complexity index is 513. The van der Waals surface area contributed by atoms with E-state index in [0.29, 0.717) is 25.4 Å². The highest BCUT2D eigenvalue weighted by molar-refractivity contribution is 5.81. The molecule has 1 N–H and O–H groups in total. The van der Waals surface area contributed by atoms with Crippen LogP contribution in [0.5, 0.6) is 5.75 Å². The Kier molecular flexibility index (Phi) is 6.26. The minimum atomic E-state index is -0.555. The molecule has 0 spiro atoms. The lowest BCUT2D eigenvalue weighted by molar-refractivity contribution is -0.128. The average Bonchev–Trinajstić information content (AvgIpc) is 2.56. The summed E-state index contributed by atoms with van der Waals surface area (Å²) in [5.74, 6) is 0.538. The van der Waals surface area contributed by atoms with E-state index in [2.05, 4.69) is 5.32 Å². The summed E-state index contributed by atoms with van der Waals surface area (Å²) >= 11 is 0. The first-order valence-electron chi connectivity index (χ1n) is 8.04. The highest BCUT2D eigenvalue weighted by atomic mass is 16.6. The van der Waals surface area contributed by atoms with Crippen molar-refractivity contribution in [1.82, 2.24) is 10.2 Å². The van der Waals surface area contributed by atoms with Crippen LogP contribution in [0.25, 0.3) is 0 Å². The van der Waals surface area contributed by atoms with Crippen LogP contribution in [0.1, 0.15) is 26.7 Å². The second-order valence-corrected chi connectivity index (χ2v) is 5.54. The number of piperidine rings is 1. The van der Waals surface area contributed by atoms with Gasteiger partial charge in [0.25, 0.3) is 5.91 Å². The maximum Gasteiger partial charge on any atom is 0.409 e. The van der Waals surface area contributed by atoms with Crippen molar-refractivity contribution in [1.29, 1.82) is 0 Å². The van der Waals surface area contributed by atoms with Crippen molar-refractivity contribution in [3.63, 3.8) is 0 Å². The zero-order valence-electron chi connectivity index (χ0n) is 13.7. The van der Waals surface area contributed by atoms with Crippen LogP contribution in [-0.4, -0.2) is 48.7 Å². The molecule has 0 saturated carbocycles. The third-order valence-electron chi connectivity index (χ3n) is 3.79. The molecule has 0 aromatic heterocycles. The Morgan fingerprint density at radius 2 is 1.91 bits per heavy atom. The lowest BCUT2D eigenvalue weighted by atomic mass is 10.1. The number of nitrogens with one attached hydrogen (secondary N) is 1. The summed E-state index contributed by atoms with van der Waals surface area (Å²) in [6.07, 6.45) is 0.615. The fourth-order valence-corrected chi connectivity index (χ4v) is 2.50. The average molecular weight is 320 g/mol. The summed E-state index contributed by atoms with van der Waals surface area (Å²) in [7, 11) is 0. The van der Waals surface area contributed by atoms with Crippen LogP contribution < -0.4 is 10.1 Å². The molecule has 6 heteroatoms. The molecule has 0 radical (unpaired) electrons. The molecule has 1 atom stereocenters. The lowest BCUT2D eigenvalue weighted by Crippen LogP contribution is -2.49. The number of hydrogen-bond acceptors (Lipinski definition) is 4. The van der Waals surface area contributed by atoms with Crippen molar-refractivity contribution in [3.8, 4) is 5.75 Å². The quantitative estimate of drug-likeness (QED) is 0.903. The van der Waals surface area contributed by atoms with Gasteiger partial charge in [0.1, 0.15) is 5.75 Å². The molecule has 1 unspecified atom stereocenters. The van der Waals surface area contributed by atoms with Gasteiger partial charge in [-0.25, -0.2) is 4.79 Å². The molecule has 2 amide bonds. The summed E-state index contributed by atoms with van der Waals surface area (Å²) in [5.41, 5.74) is 0. The van der Waals surface area contributed by atoms with Crippen LogP contribution in [0.2, 0.25) is 0 Å². The van der Waals surface area contributed by atoms with Gasteiger partial charge in [-0.1, -0.05) is 18.2 Å². The Labute approximate surface area is 136 Å². The smallest absolute Gasteiger partial charge is 0.409 e. The molecule has 126 valence electrons. The normalized spacial score (nSPS) is 16.5. The van der Waals surface area contributed by atoms with Crippen molar-refractivity contribution in [2.75, 3.05) is 19.7 Å². The number of hydrogen-bond donors (Lipinski definition) is 1. The summed E-state index contributed by atoms with van der Waals surface area (Å²) < 4.78 is 10.6. The third kappa shape index (κ3) is 5.16. The second-order valence-electron chi connectivity index (χ2n) is 5.54. The van der Waals surface area contributed by atoms with Gasteiger partial charge in [0, 0.05) is 19.1 Å². The zero-order valence-corrected chi connectivity index (χ0v) is 13.7. The van der Waals surface area contributed by atoms with E-state index in [4.69, 9.17) is 9.47 Å².